The number of hydrogen-bond acceptors (Lipinski definition) is 3. The number of Topliss-reactive ketones (excluding diaryl/α,β-unsaturated/α-hetero) is 1. The van der Waals surface area contributed by atoms with Crippen molar-refractivity contribution < 1.29 is 14.7 Å². The summed E-state index contributed by atoms with van der Waals surface area (Å²) in [4.78, 5) is 22.0. The minimum absolute atomic E-state index is 0.0378. The van der Waals surface area contributed by atoms with Gasteiger partial charge in [0.05, 0.1) is 6.04 Å². The summed E-state index contributed by atoms with van der Waals surface area (Å²) in [6.45, 7) is 6.24. The number of aliphatic carboxylic acids is 1. The smallest absolute Gasteiger partial charge is 0.303 e. The number of carbonyl (C=O) groups excluding carboxylic acids is 1. The highest BCUT2D eigenvalue weighted by molar-refractivity contribution is 5.86. The zero-order valence-electron chi connectivity index (χ0n) is 9.04. The van der Waals surface area contributed by atoms with Crippen molar-refractivity contribution in [3.63, 3.8) is 0 Å². The van der Waals surface area contributed by atoms with E-state index in [0.717, 1.165) is 0 Å². The molecule has 4 nitrogen and oxygen atoms in total. The van der Waals surface area contributed by atoms with Crippen LogP contribution in [0.15, 0.2) is 0 Å². The van der Waals surface area contributed by atoms with Gasteiger partial charge in [0.1, 0.15) is 0 Å². The maximum atomic E-state index is 11.6. The predicted molar refractivity (Wildman–Crippen MR) is 54.2 cm³/mol. The number of nitrogens with one attached hydrogen (secondary N) is 1. The van der Waals surface area contributed by atoms with Gasteiger partial charge >= 0.3 is 5.97 Å². The molecular weight excluding hydrogens is 182 g/mol. The molecule has 0 fully saturated rings. The van der Waals surface area contributed by atoms with Crippen LogP contribution < -0.4 is 5.32 Å². The van der Waals surface area contributed by atoms with Gasteiger partial charge in [0, 0.05) is 12.3 Å². The summed E-state index contributed by atoms with van der Waals surface area (Å²) in [5, 5.41) is 11.5. The predicted octanol–water partition coefficient (Wildman–Crippen LogP) is 1.05. The highest BCUT2D eigenvalue weighted by atomic mass is 16.4. The van der Waals surface area contributed by atoms with Crippen LogP contribution in [0.3, 0.4) is 0 Å². The first-order valence-corrected chi connectivity index (χ1v) is 4.98. The lowest BCUT2D eigenvalue weighted by Crippen LogP contribution is -2.39. The first-order valence-electron chi connectivity index (χ1n) is 4.98. The van der Waals surface area contributed by atoms with Crippen molar-refractivity contribution in [3.8, 4) is 0 Å². The Kier molecular flexibility index (Phi) is 6.12. The SMILES string of the molecule is CCN[C@@H](CCC(=O)O)C(=O)C(C)C. The van der Waals surface area contributed by atoms with Crippen LogP contribution in [-0.2, 0) is 9.59 Å². The fourth-order valence-corrected chi connectivity index (χ4v) is 1.26. The van der Waals surface area contributed by atoms with Crippen LogP contribution in [0, 0.1) is 5.92 Å². The Labute approximate surface area is 84.7 Å². The fourth-order valence-electron chi connectivity index (χ4n) is 1.26. The van der Waals surface area contributed by atoms with Gasteiger partial charge in [0.15, 0.2) is 5.78 Å². The van der Waals surface area contributed by atoms with E-state index in [2.05, 4.69) is 5.32 Å². The third-order valence-corrected chi connectivity index (χ3v) is 2.01. The molecule has 2 N–H and O–H groups in total. The average molecular weight is 201 g/mol. The van der Waals surface area contributed by atoms with E-state index in [9.17, 15) is 9.59 Å². The van der Waals surface area contributed by atoms with Crippen LogP contribution in [-0.4, -0.2) is 29.4 Å². The lowest BCUT2D eigenvalue weighted by molar-refractivity contribution is -0.137. The van der Waals surface area contributed by atoms with Crippen LogP contribution in [0.1, 0.15) is 33.6 Å². The molecule has 0 saturated heterocycles. The van der Waals surface area contributed by atoms with Gasteiger partial charge in [-0.15, -0.1) is 0 Å². The lowest BCUT2D eigenvalue weighted by atomic mass is 9.98. The summed E-state index contributed by atoms with van der Waals surface area (Å²) >= 11 is 0. The quantitative estimate of drug-likeness (QED) is 0.646. The van der Waals surface area contributed by atoms with Gasteiger partial charge < -0.3 is 10.4 Å². The molecule has 0 aromatic rings. The van der Waals surface area contributed by atoms with Crippen molar-refractivity contribution in [3.05, 3.63) is 0 Å². The van der Waals surface area contributed by atoms with Crippen molar-refractivity contribution in [2.75, 3.05) is 6.54 Å². The van der Waals surface area contributed by atoms with Gasteiger partial charge in [0.2, 0.25) is 0 Å². The van der Waals surface area contributed by atoms with Crippen molar-refractivity contribution in [1.29, 1.82) is 0 Å². The summed E-state index contributed by atoms with van der Waals surface area (Å²) < 4.78 is 0. The van der Waals surface area contributed by atoms with Crippen molar-refractivity contribution in [1.82, 2.24) is 5.32 Å². The average Bonchev–Trinajstić information content (AvgIpc) is 2.10. The number of ketones is 1. The van der Waals surface area contributed by atoms with Crippen molar-refractivity contribution in [2.24, 2.45) is 5.92 Å². The summed E-state index contributed by atoms with van der Waals surface area (Å²) in [7, 11) is 0. The minimum atomic E-state index is -0.857. The Morgan fingerprint density at radius 2 is 1.93 bits per heavy atom. The summed E-state index contributed by atoms with van der Waals surface area (Å²) in [5.74, 6) is -0.814. The fraction of sp³-hybridized carbons (Fsp3) is 0.800. The largest absolute Gasteiger partial charge is 0.481 e. The number of carboxylic acids is 1. The molecule has 0 amide bonds. The second-order valence-corrected chi connectivity index (χ2v) is 3.60. The molecule has 0 aromatic heterocycles. The van der Waals surface area contributed by atoms with E-state index in [-0.39, 0.29) is 24.2 Å². The molecule has 0 aliphatic rings. The van der Waals surface area contributed by atoms with E-state index in [4.69, 9.17) is 5.11 Å². The Morgan fingerprint density at radius 3 is 2.29 bits per heavy atom. The van der Waals surface area contributed by atoms with Crippen LogP contribution in [0.4, 0.5) is 0 Å². The number of rotatable bonds is 7. The Morgan fingerprint density at radius 1 is 1.36 bits per heavy atom. The Balaban J connectivity index is 4.14. The molecule has 82 valence electrons. The van der Waals surface area contributed by atoms with Gasteiger partial charge in [0.25, 0.3) is 0 Å². The van der Waals surface area contributed by atoms with Crippen molar-refractivity contribution >= 4 is 11.8 Å². The number of carbonyl (C=O) groups is 2. The molecule has 14 heavy (non-hydrogen) atoms. The van der Waals surface area contributed by atoms with Crippen LogP contribution in [0.2, 0.25) is 0 Å². The highest BCUT2D eigenvalue weighted by Crippen LogP contribution is 2.05. The van der Waals surface area contributed by atoms with Gasteiger partial charge in [-0.3, -0.25) is 9.59 Å². The van der Waals surface area contributed by atoms with Gasteiger partial charge in [-0.2, -0.15) is 0 Å². The second-order valence-electron chi connectivity index (χ2n) is 3.60. The highest BCUT2D eigenvalue weighted by Gasteiger charge is 2.20. The maximum absolute atomic E-state index is 11.6. The molecule has 0 rings (SSSR count). The zero-order valence-corrected chi connectivity index (χ0v) is 9.04. The van der Waals surface area contributed by atoms with E-state index >= 15 is 0 Å². The first kappa shape index (κ1) is 13.1. The van der Waals surface area contributed by atoms with Gasteiger partial charge in [-0.25, -0.2) is 0 Å². The number of likely N-dealkylation sites (N-methyl/N-ethyl adjacent to an activating group) is 1. The third kappa shape index (κ3) is 4.97. The second kappa shape index (κ2) is 6.54. The summed E-state index contributed by atoms with van der Waals surface area (Å²) in [6, 6.07) is -0.309. The Hall–Kier alpha value is -0.900. The topological polar surface area (TPSA) is 66.4 Å². The number of carboxylic acid groups (broad SMARTS) is 1. The maximum Gasteiger partial charge on any atom is 0.303 e. The molecule has 0 aromatic carbocycles. The molecule has 0 spiro atoms. The summed E-state index contributed by atoms with van der Waals surface area (Å²) in [6.07, 6.45) is 0.413. The molecule has 0 aliphatic carbocycles. The van der Waals surface area contributed by atoms with Crippen LogP contribution >= 0.6 is 0 Å². The van der Waals surface area contributed by atoms with E-state index in [0.29, 0.717) is 13.0 Å². The molecule has 1 atom stereocenters. The number of hydrogen-bond donors (Lipinski definition) is 2. The van der Waals surface area contributed by atoms with Crippen LogP contribution in [0.5, 0.6) is 0 Å². The minimum Gasteiger partial charge on any atom is -0.481 e. The molecule has 0 unspecified atom stereocenters. The van der Waals surface area contributed by atoms with E-state index < -0.39 is 5.97 Å². The van der Waals surface area contributed by atoms with Gasteiger partial charge in [-0.1, -0.05) is 20.8 Å². The summed E-state index contributed by atoms with van der Waals surface area (Å²) in [5.41, 5.74) is 0. The van der Waals surface area contributed by atoms with E-state index in [1.165, 1.54) is 0 Å². The molecule has 4 heteroatoms. The molecular formula is C10H19NO3. The molecule has 0 saturated carbocycles. The lowest BCUT2D eigenvalue weighted by Gasteiger charge is -2.17. The monoisotopic (exact) mass is 201 g/mol. The standard InChI is InChI=1S/C10H19NO3/c1-4-11-8(5-6-9(12)13)10(14)7(2)3/h7-8,11H,4-6H2,1-3H3,(H,12,13)/t8-/m0/s1. The first-order chi connectivity index (χ1) is 6.49. The molecule has 0 radical (unpaired) electrons. The van der Waals surface area contributed by atoms with E-state index in [1.807, 2.05) is 20.8 Å². The van der Waals surface area contributed by atoms with Crippen molar-refractivity contribution in [2.45, 2.75) is 39.7 Å². The zero-order chi connectivity index (χ0) is 11.1. The third-order valence-electron chi connectivity index (χ3n) is 2.01. The van der Waals surface area contributed by atoms with Gasteiger partial charge in [-0.05, 0) is 13.0 Å². The van der Waals surface area contributed by atoms with E-state index in [1.54, 1.807) is 0 Å². The Bertz CT molecular complexity index is 202. The van der Waals surface area contributed by atoms with Crippen LogP contribution in [0.25, 0.3) is 0 Å². The normalized spacial score (nSPS) is 12.9. The molecule has 0 aliphatic heterocycles. The molecule has 0 bridgehead atoms. The molecule has 0 heterocycles.